The Kier molecular flexibility index (Phi) is 3.82. The Morgan fingerprint density at radius 3 is 2.65 bits per heavy atom. The minimum absolute atomic E-state index is 0.0169. The van der Waals surface area contributed by atoms with Crippen molar-refractivity contribution in [3.63, 3.8) is 0 Å². The fourth-order valence-electron chi connectivity index (χ4n) is 2.56. The van der Waals surface area contributed by atoms with Crippen molar-refractivity contribution in [2.45, 2.75) is 45.1 Å². The van der Waals surface area contributed by atoms with Gasteiger partial charge < -0.3 is 4.90 Å². The monoisotopic (exact) mass is 231 g/mol. The molecule has 2 unspecified atom stereocenters. The lowest BCUT2D eigenvalue weighted by atomic mass is 9.96. The van der Waals surface area contributed by atoms with Gasteiger partial charge in [-0.25, -0.2) is 0 Å². The largest absolute Gasteiger partial charge is 0.339 e. The summed E-state index contributed by atoms with van der Waals surface area (Å²) in [5.41, 5.74) is 1.12. The zero-order valence-electron chi connectivity index (χ0n) is 10.7. The molecule has 0 N–H and O–H groups in total. The molecule has 0 aromatic heterocycles. The fourth-order valence-corrected chi connectivity index (χ4v) is 2.56. The molecular weight excluding hydrogens is 210 g/mol. The molecule has 2 heteroatoms. The number of piperidine rings is 1. The Balaban J connectivity index is 2.09. The molecule has 1 aromatic rings. The molecule has 1 aliphatic rings. The molecule has 0 spiro atoms. The molecule has 0 radical (unpaired) electrons. The van der Waals surface area contributed by atoms with E-state index in [9.17, 15) is 4.79 Å². The van der Waals surface area contributed by atoms with Gasteiger partial charge in [0.1, 0.15) is 0 Å². The predicted octanol–water partition coefficient (Wildman–Crippen LogP) is 3.19. The second-order valence-electron chi connectivity index (χ2n) is 5.01. The standard InChI is InChI=1S/C15H21NO/c1-12-8-6-7-11-16(12)15(17)13(2)14-9-4-3-5-10-14/h3-5,9-10,12-13H,6-8,11H2,1-2H3. The minimum atomic E-state index is -0.0169. The van der Waals surface area contributed by atoms with Crippen LogP contribution in [0.15, 0.2) is 30.3 Å². The molecule has 1 saturated heterocycles. The van der Waals surface area contributed by atoms with Gasteiger partial charge in [0.2, 0.25) is 5.91 Å². The molecule has 2 nitrogen and oxygen atoms in total. The molecule has 0 aliphatic carbocycles. The van der Waals surface area contributed by atoms with Crippen LogP contribution in [0.25, 0.3) is 0 Å². The molecule has 2 rings (SSSR count). The Labute approximate surface area is 104 Å². The highest BCUT2D eigenvalue weighted by Crippen LogP contribution is 2.23. The summed E-state index contributed by atoms with van der Waals surface area (Å²) >= 11 is 0. The quantitative estimate of drug-likeness (QED) is 0.765. The maximum Gasteiger partial charge on any atom is 0.230 e. The predicted molar refractivity (Wildman–Crippen MR) is 69.9 cm³/mol. The second-order valence-corrected chi connectivity index (χ2v) is 5.01. The van der Waals surface area contributed by atoms with E-state index in [1.807, 2.05) is 37.3 Å². The summed E-state index contributed by atoms with van der Waals surface area (Å²) in [5, 5.41) is 0. The van der Waals surface area contributed by atoms with Gasteiger partial charge in [0, 0.05) is 12.6 Å². The van der Waals surface area contributed by atoms with E-state index in [0.717, 1.165) is 24.9 Å². The van der Waals surface area contributed by atoms with Crippen LogP contribution in [-0.2, 0) is 4.79 Å². The Bertz CT molecular complexity index is 374. The van der Waals surface area contributed by atoms with E-state index in [2.05, 4.69) is 11.8 Å². The maximum atomic E-state index is 12.4. The van der Waals surface area contributed by atoms with Crippen LogP contribution in [0.5, 0.6) is 0 Å². The SMILES string of the molecule is CC(C(=O)N1CCCCC1C)c1ccccc1. The number of hydrogen-bond acceptors (Lipinski definition) is 1. The summed E-state index contributed by atoms with van der Waals surface area (Å²) in [6.45, 7) is 5.10. The Morgan fingerprint density at radius 2 is 2.00 bits per heavy atom. The number of likely N-dealkylation sites (tertiary alicyclic amines) is 1. The molecule has 1 amide bonds. The molecule has 1 aromatic carbocycles. The van der Waals surface area contributed by atoms with Gasteiger partial charge in [0.25, 0.3) is 0 Å². The highest BCUT2D eigenvalue weighted by molar-refractivity contribution is 5.83. The average Bonchev–Trinajstić information content (AvgIpc) is 2.39. The van der Waals surface area contributed by atoms with Crippen LogP contribution in [0.1, 0.15) is 44.6 Å². The Morgan fingerprint density at radius 1 is 1.29 bits per heavy atom. The number of carbonyl (C=O) groups excluding carboxylic acids is 1. The second kappa shape index (κ2) is 5.35. The molecule has 0 bridgehead atoms. The maximum absolute atomic E-state index is 12.4. The summed E-state index contributed by atoms with van der Waals surface area (Å²) in [5.74, 6) is 0.264. The van der Waals surface area contributed by atoms with Crippen molar-refractivity contribution in [3.05, 3.63) is 35.9 Å². The summed E-state index contributed by atoms with van der Waals surface area (Å²) in [7, 11) is 0. The van der Waals surface area contributed by atoms with E-state index in [0.29, 0.717) is 6.04 Å². The first kappa shape index (κ1) is 12.2. The van der Waals surface area contributed by atoms with Gasteiger partial charge >= 0.3 is 0 Å². The fraction of sp³-hybridized carbons (Fsp3) is 0.533. The van der Waals surface area contributed by atoms with Crippen molar-refractivity contribution in [2.75, 3.05) is 6.54 Å². The van der Waals surface area contributed by atoms with Crippen LogP contribution in [0.3, 0.4) is 0 Å². The van der Waals surface area contributed by atoms with Gasteiger partial charge in [-0.1, -0.05) is 30.3 Å². The number of hydrogen-bond donors (Lipinski definition) is 0. The van der Waals surface area contributed by atoms with Crippen LogP contribution in [-0.4, -0.2) is 23.4 Å². The number of benzene rings is 1. The van der Waals surface area contributed by atoms with E-state index < -0.39 is 0 Å². The lowest BCUT2D eigenvalue weighted by Crippen LogP contribution is -2.43. The summed E-state index contributed by atoms with van der Waals surface area (Å²) in [6, 6.07) is 10.5. The topological polar surface area (TPSA) is 20.3 Å². The van der Waals surface area contributed by atoms with E-state index in [-0.39, 0.29) is 11.8 Å². The van der Waals surface area contributed by atoms with Crippen molar-refractivity contribution in [2.24, 2.45) is 0 Å². The third-order valence-corrected chi connectivity index (χ3v) is 3.76. The molecular formula is C15H21NO. The third-order valence-electron chi connectivity index (χ3n) is 3.76. The summed E-state index contributed by atoms with van der Waals surface area (Å²) in [6.07, 6.45) is 3.55. The van der Waals surface area contributed by atoms with Gasteiger partial charge in [-0.05, 0) is 38.7 Å². The molecule has 2 atom stereocenters. The molecule has 0 saturated carbocycles. The highest BCUT2D eigenvalue weighted by atomic mass is 16.2. The molecule has 1 heterocycles. The zero-order valence-corrected chi connectivity index (χ0v) is 10.7. The summed E-state index contributed by atoms with van der Waals surface area (Å²) in [4.78, 5) is 14.5. The third kappa shape index (κ3) is 2.68. The minimum Gasteiger partial charge on any atom is -0.339 e. The number of nitrogens with zero attached hydrogens (tertiary/aromatic N) is 1. The molecule has 1 aliphatic heterocycles. The number of amides is 1. The molecule has 1 fully saturated rings. The van der Waals surface area contributed by atoms with E-state index in [4.69, 9.17) is 0 Å². The number of carbonyl (C=O) groups is 1. The first-order valence-corrected chi connectivity index (χ1v) is 6.55. The molecule has 17 heavy (non-hydrogen) atoms. The van der Waals surface area contributed by atoms with Crippen molar-refractivity contribution < 1.29 is 4.79 Å². The van der Waals surface area contributed by atoms with Gasteiger partial charge in [-0.2, -0.15) is 0 Å². The van der Waals surface area contributed by atoms with Crippen molar-refractivity contribution in [1.29, 1.82) is 0 Å². The van der Waals surface area contributed by atoms with Crippen LogP contribution >= 0.6 is 0 Å². The van der Waals surface area contributed by atoms with E-state index in [1.165, 1.54) is 6.42 Å². The van der Waals surface area contributed by atoms with Crippen LogP contribution < -0.4 is 0 Å². The van der Waals surface area contributed by atoms with Crippen LogP contribution in [0.2, 0.25) is 0 Å². The zero-order chi connectivity index (χ0) is 12.3. The first-order chi connectivity index (χ1) is 8.20. The van der Waals surface area contributed by atoms with Crippen LogP contribution in [0.4, 0.5) is 0 Å². The highest BCUT2D eigenvalue weighted by Gasteiger charge is 2.27. The van der Waals surface area contributed by atoms with E-state index >= 15 is 0 Å². The lowest BCUT2D eigenvalue weighted by molar-refractivity contribution is -0.135. The normalized spacial score (nSPS) is 22.2. The lowest BCUT2D eigenvalue weighted by Gasteiger charge is -2.35. The van der Waals surface area contributed by atoms with Gasteiger partial charge in [-0.3, -0.25) is 4.79 Å². The van der Waals surface area contributed by atoms with Gasteiger partial charge in [0.15, 0.2) is 0 Å². The van der Waals surface area contributed by atoms with Crippen LogP contribution in [0, 0.1) is 0 Å². The average molecular weight is 231 g/mol. The van der Waals surface area contributed by atoms with Crippen molar-refractivity contribution >= 4 is 5.91 Å². The summed E-state index contributed by atoms with van der Waals surface area (Å²) < 4.78 is 0. The first-order valence-electron chi connectivity index (χ1n) is 6.55. The smallest absolute Gasteiger partial charge is 0.230 e. The van der Waals surface area contributed by atoms with E-state index in [1.54, 1.807) is 0 Å². The van der Waals surface area contributed by atoms with Crippen molar-refractivity contribution in [3.8, 4) is 0 Å². The van der Waals surface area contributed by atoms with Gasteiger partial charge in [-0.15, -0.1) is 0 Å². The Hall–Kier alpha value is -1.31. The number of rotatable bonds is 2. The van der Waals surface area contributed by atoms with Crippen molar-refractivity contribution in [1.82, 2.24) is 4.90 Å². The molecule has 92 valence electrons. The van der Waals surface area contributed by atoms with Gasteiger partial charge in [0.05, 0.1) is 5.92 Å².